The van der Waals surface area contributed by atoms with Crippen molar-refractivity contribution in [1.82, 2.24) is 5.32 Å². The summed E-state index contributed by atoms with van der Waals surface area (Å²) in [7, 11) is 0. The molecule has 0 spiro atoms. The van der Waals surface area contributed by atoms with Gasteiger partial charge in [0.2, 0.25) is 5.91 Å². The molecular weight excluding hydrogens is 262 g/mol. The summed E-state index contributed by atoms with van der Waals surface area (Å²) in [5, 5.41) is 12.4. The van der Waals surface area contributed by atoms with E-state index in [2.05, 4.69) is 24.4 Å². The van der Waals surface area contributed by atoms with Crippen LogP contribution in [-0.4, -0.2) is 11.0 Å². The second kappa shape index (κ2) is 5.60. The predicted molar refractivity (Wildman–Crippen MR) is 82.0 cm³/mol. The van der Waals surface area contributed by atoms with E-state index >= 15 is 0 Å². The van der Waals surface area contributed by atoms with Gasteiger partial charge in [-0.05, 0) is 48.1 Å². The molecule has 3 rings (SSSR count). The molecule has 108 valence electrons. The van der Waals surface area contributed by atoms with Crippen LogP contribution in [-0.2, 0) is 11.3 Å². The molecule has 3 nitrogen and oxygen atoms in total. The fraction of sp³-hybridized carbons (Fsp3) is 0.278. The quantitative estimate of drug-likeness (QED) is 0.904. The molecular formula is C18H19NO2. The van der Waals surface area contributed by atoms with Crippen molar-refractivity contribution < 1.29 is 9.90 Å². The largest absolute Gasteiger partial charge is 0.508 e. The van der Waals surface area contributed by atoms with Crippen LogP contribution in [0.25, 0.3) is 0 Å². The van der Waals surface area contributed by atoms with E-state index in [1.807, 2.05) is 18.2 Å². The van der Waals surface area contributed by atoms with E-state index in [4.69, 9.17) is 0 Å². The molecule has 0 radical (unpaired) electrons. The van der Waals surface area contributed by atoms with Crippen molar-refractivity contribution in [2.24, 2.45) is 5.92 Å². The second-order valence-electron chi connectivity index (χ2n) is 5.69. The Hall–Kier alpha value is -2.29. The first-order valence-corrected chi connectivity index (χ1v) is 7.26. The number of carbonyl (C=O) groups is 1. The highest BCUT2D eigenvalue weighted by Gasteiger charge is 2.44. The van der Waals surface area contributed by atoms with Gasteiger partial charge in [0.05, 0.1) is 0 Å². The van der Waals surface area contributed by atoms with Gasteiger partial charge in [-0.15, -0.1) is 0 Å². The lowest BCUT2D eigenvalue weighted by Crippen LogP contribution is -2.24. The zero-order chi connectivity index (χ0) is 14.8. The number of phenols is 1. The second-order valence-corrected chi connectivity index (χ2v) is 5.69. The molecule has 2 N–H and O–H groups in total. The lowest BCUT2D eigenvalue weighted by molar-refractivity contribution is -0.122. The number of amides is 1. The molecule has 1 fully saturated rings. The molecule has 0 heterocycles. The minimum Gasteiger partial charge on any atom is -0.508 e. The Morgan fingerprint density at radius 2 is 2.05 bits per heavy atom. The average molecular weight is 281 g/mol. The Bertz CT molecular complexity index is 666. The van der Waals surface area contributed by atoms with Crippen molar-refractivity contribution in [1.29, 1.82) is 0 Å². The van der Waals surface area contributed by atoms with Crippen molar-refractivity contribution in [2.75, 3.05) is 0 Å². The van der Waals surface area contributed by atoms with Crippen LogP contribution in [0.2, 0.25) is 0 Å². The molecule has 1 saturated carbocycles. The van der Waals surface area contributed by atoms with Crippen LogP contribution in [0.4, 0.5) is 0 Å². The van der Waals surface area contributed by atoms with Crippen molar-refractivity contribution in [2.45, 2.75) is 25.8 Å². The first-order valence-electron chi connectivity index (χ1n) is 7.26. The van der Waals surface area contributed by atoms with E-state index < -0.39 is 0 Å². The van der Waals surface area contributed by atoms with Gasteiger partial charge in [0.25, 0.3) is 0 Å². The molecule has 0 aliphatic heterocycles. The SMILES string of the molecule is Cc1ccccc1[C@@H]1C[C@@H]1C(=O)NCc1cccc(O)c1. The van der Waals surface area contributed by atoms with Crippen LogP contribution in [0.1, 0.15) is 29.0 Å². The fourth-order valence-electron chi connectivity index (χ4n) is 2.82. The van der Waals surface area contributed by atoms with Crippen LogP contribution in [0.15, 0.2) is 48.5 Å². The maximum Gasteiger partial charge on any atom is 0.224 e. The lowest BCUT2D eigenvalue weighted by atomic mass is 10.0. The minimum absolute atomic E-state index is 0.0865. The first-order chi connectivity index (χ1) is 10.1. The molecule has 0 unspecified atom stereocenters. The molecule has 1 aliphatic rings. The monoisotopic (exact) mass is 281 g/mol. The number of benzene rings is 2. The third-order valence-electron chi connectivity index (χ3n) is 4.09. The number of carbonyl (C=O) groups excluding carboxylic acids is 1. The van der Waals surface area contributed by atoms with Gasteiger partial charge in [-0.3, -0.25) is 4.79 Å². The Balaban J connectivity index is 1.57. The van der Waals surface area contributed by atoms with E-state index in [1.165, 1.54) is 11.1 Å². The van der Waals surface area contributed by atoms with Crippen LogP contribution in [0.5, 0.6) is 5.75 Å². The molecule has 2 aromatic rings. The van der Waals surface area contributed by atoms with E-state index in [0.717, 1.165) is 12.0 Å². The van der Waals surface area contributed by atoms with Crippen molar-refractivity contribution in [3.63, 3.8) is 0 Å². The Labute approximate surface area is 124 Å². The van der Waals surface area contributed by atoms with E-state index in [9.17, 15) is 9.90 Å². The van der Waals surface area contributed by atoms with Gasteiger partial charge < -0.3 is 10.4 Å². The number of hydrogen-bond acceptors (Lipinski definition) is 2. The van der Waals surface area contributed by atoms with Crippen molar-refractivity contribution in [3.05, 3.63) is 65.2 Å². The summed E-state index contributed by atoms with van der Waals surface area (Å²) in [5.41, 5.74) is 3.46. The number of hydrogen-bond donors (Lipinski definition) is 2. The maximum atomic E-state index is 12.2. The molecule has 2 atom stereocenters. The average Bonchev–Trinajstić information content (AvgIpc) is 3.26. The molecule has 21 heavy (non-hydrogen) atoms. The van der Waals surface area contributed by atoms with E-state index in [1.54, 1.807) is 18.2 Å². The van der Waals surface area contributed by atoms with Gasteiger partial charge in [0, 0.05) is 12.5 Å². The molecule has 0 saturated heterocycles. The number of rotatable bonds is 4. The zero-order valence-corrected chi connectivity index (χ0v) is 12.0. The fourth-order valence-corrected chi connectivity index (χ4v) is 2.82. The summed E-state index contributed by atoms with van der Waals surface area (Å²) in [6, 6.07) is 15.2. The molecule has 0 bridgehead atoms. The topological polar surface area (TPSA) is 49.3 Å². The summed E-state index contributed by atoms with van der Waals surface area (Å²) in [4.78, 5) is 12.2. The van der Waals surface area contributed by atoms with Crippen LogP contribution in [0.3, 0.4) is 0 Å². The summed E-state index contributed by atoms with van der Waals surface area (Å²) in [6.45, 7) is 2.56. The standard InChI is InChI=1S/C18H19NO2/c1-12-5-2-3-8-15(12)16-10-17(16)18(21)19-11-13-6-4-7-14(20)9-13/h2-9,16-17,20H,10-11H2,1H3,(H,19,21)/t16-,17-/m0/s1. The summed E-state index contributed by atoms with van der Waals surface area (Å²) in [6.07, 6.45) is 0.927. The predicted octanol–water partition coefficient (Wildman–Crippen LogP) is 3.12. The Morgan fingerprint density at radius 1 is 1.24 bits per heavy atom. The maximum absolute atomic E-state index is 12.2. The number of phenolic OH excluding ortho intramolecular Hbond substituents is 1. The van der Waals surface area contributed by atoms with Crippen molar-refractivity contribution >= 4 is 5.91 Å². The zero-order valence-electron chi connectivity index (χ0n) is 12.0. The highest BCUT2D eigenvalue weighted by molar-refractivity contribution is 5.83. The van der Waals surface area contributed by atoms with Gasteiger partial charge in [-0.2, -0.15) is 0 Å². The Kier molecular flexibility index (Phi) is 3.65. The number of nitrogens with one attached hydrogen (secondary N) is 1. The highest BCUT2D eigenvalue weighted by atomic mass is 16.3. The number of aryl methyl sites for hydroxylation is 1. The van der Waals surface area contributed by atoms with Gasteiger partial charge >= 0.3 is 0 Å². The van der Waals surface area contributed by atoms with Gasteiger partial charge in [0.1, 0.15) is 5.75 Å². The van der Waals surface area contributed by atoms with Gasteiger partial charge in [-0.1, -0.05) is 36.4 Å². The Morgan fingerprint density at radius 3 is 2.81 bits per heavy atom. The summed E-state index contributed by atoms with van der Waals surface area (Å²) < 4.78 is 0. The first kappa shape index (κ1) is 13.7. The molecule has 3 heteroatoms. The molecule has 1 amide bonds. The third kappa shape index (κ3) is 3.07. The summed E-state index contributed by atoms with van der Waals surface area (Å²) in [5.74, 6) is 0.774. The molecule has 1 aliphatic carbocycles. The van der Waals surface area contributed by atoms with E-state index in [0.29, 0.717) is 12.5 Å². The van der Waals surface area contributed by atoms with Crippen molar-refractivity contribution in [3.8, 4) is 5.75 Å². The summed E-state index contributed by atoms with van der Waals surface area (Å²) >= 11 is 0. The number of aromatic hydroxyl groups is 1. The van der Waals surface area contributed by atoms with Gasteiger partial charge in [0.15, 0.2) is 0 Å². The lowest BCUT2D eigenvalue weighted by Gasteiger charge is -2.07. The van der Waals surface area contributed by atoms with E-state index in [-0.39, 0.29) is 17.6 Å². The van der Waals surface area contributed by atoms with Gasteiger partial charge in [-0.25, -0.2) is 0 Å². The minimum atomic E-state index is 0.0865. The smallest absolute Gasteiger partial charge is 0.224 e. The highest BCUT2D eigenvalue weighted by Crippen LogP contribution is 2.48. The third-order valence-corrected chi connectivity index (χ3v) is 4.09. The normalized spacial score (nSPS) is 20.0. The molecule has 0 aromatic heterocycles. The van der Waals surface area contributed by atoms with Crippen LogP contribution in [0, 0.1) is 12.8 Å². The van der Waals surface area contributed by atoms with Crippen LogP contribution < -0.4 is 5.32 Å². The van der Waals surface area contributed by atoms with Crippen LogP contribution >= 0.6 is 0 Å². The molecule has 2 aromatic carbocycles.